The number of esters is 1. The van der Waals surface area contributed by atoms with Gasteiger partial charge in [-0.15, -0.1) is 0 Å². The second-order valence-electron chi connectivity index (χ2n) is 4.55. The molecule has 1 atom stereocenters. The number of carbonyl (C=O) groups is 1. The number of aryl methyl sites for hydroxylation is 1. The summed E-state index contributed by atoms with van der Waals surface area (Å²) in [5, 5.41) is 0. The molecule has 0 N–H and O–H groups in total. The SMILES string of the molecule is CCc1ccn(C(Cc2ccccc2)C(=O)OC)c1. The van der Waals surface area contributed by atoms with Crippen LogP contribution in [0.1, 0.15) is 24.1 Å². The molecule has 1 unspecified atom stereocenters. The molecule has 0 bridgehead atoms. The predicted octanol–water partition coefficient (Wildman–Crippen LogP) is 3.01. The van der Waals surface area contributed by atoms with E-state index in [9.17, 15) is 4.79 Å². The van der Waals surface area contributed by atoms with Crippen LogP contribution >= 0.6 is 0 Å². The molecule has 2 rings (SSSR count). The molecule has 2 aromatic rings. The van der Waals surface area contributed by atoms with Gasteiger partial charge in [0.15, 0.2) is 0 Å². The molecule has 0 fully saturated rings. The van der Waals surface area contributed by atoms with E-state index in [2.05, 4.69) is 6.92 Å². The number of carbonyl (C=O) groups excluding carboxylic acids is 1. The fraction of sp³-hybridized carbons (Fsp3) is 0.312. The number of benzene rings is 1. The Labute approximate surface area is 113 Å². The highest BCUT2D eigenvalue weighted by Gasteiger charge is 2.21. The van der Waals surface area contributed by atoms with Crippen molar-refractivity contribution in [2.75, 3.05) is 7.11 Å². The van der Waals surface area contributed by atoms with Crippen molar-refractivity contribution < 1.29 is 9.53 Å². The zero-order valence-electron chi connectivity index (χ0n) is 11.4. The summed E-state index contributed by atoms with van der Waals surface area (Å²) in [6, 6.07) is 11.7. The Morgan fingerprint density at radius 1 is 1.21 bits per heavy atom. The van der Waals surface area contributed by atoms with Gasteiger partial charge in [0.2, 0.25) is 0 Å². The highest BCUT2D eigenvalue weighted by Crippen LogP contribution is 2.18. The van der Waals surface area contributed by atoms with Crippen molar-refractivity contribution >= 4 is 5.97 Å². The summed E-state index contributed by atoms with van der Waals surface area (Å²) in [6.07, 6.45) is 5.57. The second kappa shape index (κ2) is 6.23. The highest BCUT2D eigenvalue weighted by molar-refractivity contribution is 5.74. The van der Waals surface area contributed by atoms with E-state index in [1.54, 1.807) is 0 Å². The Balaban J connectivity index is 2.23. The van der Waals surface area contributed by atoms with Gasteiger partial charge in [0.05, 0.1) is 7.11 Å². The van der Waals surface area contributed by atoms with Gasteiger partial charge in [-0.1, -0.05) is 37.3 Å². The van der Waals surface area contributed by atoms with Crippen molar-refractivity contribution in [1.29, 1.82) is 0 Å². The maximum absolute atomic E-state index is 12.0. The minimum atomic E-state index is -0.298. The first-order valence-corrected chi connectivity index (χ1v) is 6.52. The topological polar surface area (TPSA) is 31.2 Å². The van der Waals surface area contributed by atoms with Gasteiger partial charge in [-0.05, 0) is 23.6 Å². The van der Waals surface area contributed by atoms with Crippen LogP contribution in [0, 0.1) is 0 Å². The zero-order chi connectivity index (χ0) is 13.7. The van der Waals surface area contributed by atoms with Crippen LogP contribution < -0.4 is 0 Å². The number of nitrogens with zero attached hydrogens (tertiary/aromatic N) is 1. The largest absolute Gasteiger partial charge is 0.467 e. The van der Waals surface area contributed by atoms with E-state index >= 15 is 0 Å². The number of ether oxygens (including phenoxy) is 1. The first-order chi connectivity index (χ1) is 9.24. The quantitative estimate of drug-likeness (QED) is 0.771. The van der Waals surface area contributed by atoms with E-state index in [0.717, 1.165) is 12.0 Å². The van der Waals surface area contributed by atoms with Crippen molar-refractivity contribution in [2.24, 2.45) is 0 Å². The van der Waals surface area contributed by atoms with Gasteiger partial charge in [0.1, 0.15) is 6.04 Å². The van der Waals surface area contributed by atoms with Crippen molar-refractivity contribution in [3.8, 4) is 0 Å². The Kier molecular flexibility index (Phi) is 4.39. The molecule has 0 aliphatic rings. The average molecular weight is 257 g/mol. The summed E-state index contributed by atoms with van der Waals surface area (Å²) in [4.78, 5) is 12.0. The second-order valence-corrected chi connectivity index (χ2v) is 4.55. The Morgan fingerprint density at radius 3 is 2.53 bits per heavy atom. The third-order valence-electron chi connectivity index (χ3n) is 3.29. The molecule has 0 aliphatic heterocycles. The maximum atomic E-state index is 12.0. The van der Waals surface area contributed by atoms with Gasteiger partial charge in [-0.3, -0.25) is 0 Å². The summed E-state index contributed by atoms with van der Waals surface area (Å²) in [7, 11) is 1.44. The van der Waals surface area contributed by atoms with Crippen LogP contribution in [0.15, 0.2) is 48.8 Å². The van der Waals surface area contributed by atoms with Gasteiger partial charge >= 0.3 is 5.97 Å². The van der Waals surface area contributed by atoms with Crippen LogP contribution in [0.2, 0.25) is 0 Å². The summed E-state index contributed by atoms with van der Waals surface area (Å²) in [6.45, 7) is 2.10. The van der Waals surface area contributed by atoms with Crippen LogP contribution in [-0.2, 0) is 22.4 Å². The number of hydrogen-bond acceptors (Lipinski definition) is 2. The van der Waals surface area contributed by atoms with Gasteiger partial charge in [-0.25, -0.2) is 4.79 Å². The van der Waals surface area contributed by atoms with Crippen molar-refractivity contribution in [3.63, 3.8) is 0 Å². The van der Waals surface area contributed by atoms with E-state index in [1.807, 2.05) is 53.4 Å². The lowest BCUT2D eigenvalue weighted by Crippen LogP contribution is -2.22. The molecule has 19 heavy (non-hydrogen) atoms. The van der Waals surface area contributed by atoms with Crippen molar-refractivity contribution in [3.05, 3.63) is 59.9 Å². The molecule has 0 spiro atoms. The molecular weight excluding hydrogens is 238 g/mol. The van der Waals surface area contributed by atoms with E-state index < -0.39 is 0 Å². The fourth-order valence-corrected chi connectivity index (χ4v) is 2.15. The molecule has 3 nitrogen and oxygen atoms in total. The molecule has 1 aromatic carbocycles. The van der Waals surface area contributed by atoms with E-state index in [0.29, 0.717) is 6.42 Å². The number of methoxy groups -OCH3 is 1. The Bertz CT molecular complexity index is 531. The minimum Gasteiger partial charge on any atom is -0.467 e. The van der Waals surface area contributed by atoms with E-state index in [1.165, 1.54) is 12.7 Å². The van der Waals surface area contributed by atoms with Crippen molar-refractivity contribution in [2.45, 2.75) is 25.8 Å². The molecule has 3 heteroatoms. The summed E-state index contributed by atoms with van der Waals surface area (Å²) < 4.78 is 6.86. The van der Waals surface area contributed by atoms with Crippen LogP contribution in [0.4, 0.5) is 0 Å². The lowest BCUT2D eigenvalue weighted by Gasteiger charge is -2.16. The molecule has 0 radical (unpaired) electrons. The number of aromatic nitrogens is 1. The van der Waals surface area contributed by atoms with Crippen LogP contribution in [0.3, 0.4) is 0 Å². The third kappa shape index (κ3) is 3.25. The van der Waals surface area contributed by atoms with Gasteiger partial charge < -0.3 is 9.30 Å². The molecular formula is C16H19NO2. The molecule has 1 heterocycles. The van der Waals surface area contributed by atoms with Gasteiger partial charge in [0, 0.05) is 18.8 Å². The number of rotatable bonds is 5. The molecule has 0 amide bonds. The Hall–Kier alpha value is -2.03. The zero-order valence-corrected chi connectivity index (χ0v) is 11.4. The summed E-state index contributed by atoms with van der Waals surface area (Å²) >= 11 is 0. The fourth-order valence-electron chi connectivity index (χ4n) is 2.15. The van der Waals surface area contributed by atoms with E-state index in [-0.39, 0.29) is 12.0 Å². The predicted molar refractivity (Wildman–Crippen MR) is 75.0 cm³/mol. The third-order valence-corrected chi connectivity index (χ3v) is 3.29. The monoisotopic (exact) mass is 257 g/mol. The minimum absolute atomic E-state index is 0.206. The highest BCUT2D eigenvalue weighted by atomic mass is 16.5. The smallest absolute Gasteiger partial charge is 0.329 e. The lowest BCUT2D eigenvalue weighted by molar-refractivity contribution is -0.144. The summed E-state index contributed by atoms with van der Waals surface area (Å²) in [5.41, 5.74) is 2.35. The lowest BCUT2D eigenvalue weighted by atomic mass is 10.1. The molecule has 0 saturated heterocycles. The molecule has 0 saturated carbocycles. The first-order valence-electron chi connectivity index (χ1n) is 6.52. The average Bonchev–Trinajstić information content (AvgIpc) is 2.93. The van der Waals surface area contributed by atoms with Crippen molar-refractivity contribution in [1.82, 2.24) is 4.57 Å². The standard InChI is InChI=1S/C16H19NO2/c1-3-13-9-10-17(12-13)15(16(18)19-2)11-14-7-5-4-6-8-14/h4-10,12,15H,3,11H2,1-2H3. The van der Waals surface area contributed by atoms with Crippen LogP contribution in [-0.4, -0.2) is 17.6 Å². The molecule has 0 aliphatic carbocycles. The normalized spacial score (nSPS) is 12.1. The molecule has 1 aromatic heterocycles. The summed E-state index contributed by atoms with van der Waals surface area (Å²) in [5.74, 6) is -0.206. The van der Waals surface area contributed by atoms with Gasteiger partial charge in [0.25, 0.3) is 0 Å². The first kappa shape index (κ1) is 13.4. The van der Waals surface area contributed by atoms with E-state index in [4.69, 9.17) is 4.74 Å². The maximum Gasteiger partial charge on any atom is 0.329 e. The molecule has 100 valence electrons. The van der Waals surface area contributed by atoms with Gasteiger partial charge in [-0.2, -0.15) is 0 Å². The van der Waals surface area contributed by atoms with Crippen LogP contribution in [0.5, 0.6) is 0 Å². The number of hydrogen-bond donors (Lipinski definition) is 0. The van der Waals surface area contributed by atoms with Crippen LogP contribution in [0.25, 0.3) is 0 Å². The Morgan fingerprint density at radius 2 is 1.95 bits per heavy atom.